The van der Waals surface area contributed by atoms with Gasteiger partial charge in [-0.1, -0.05) is 18.5 Å². The Morgan fingerprint density at radius 1 is 1.38 bits per heavy atom. The molecule has 118 valence electrons. The van der Waals surface area contributed by atoms with Gasteiger partial charge in [0.15, 0.2) is 0 Å². The van der Waals surface area contributed by atoms with E-state index < -0.39 is 0 Å². The Morgan fingerprint density at radius 3 is 2.81 bits per heavy atom. The topological polar surface area (TPSA) is 21.3 Å². The van der Waals surface area contributed by atoms with Gasteiger partial charge in [-0.05, 0) is 67.9 Å². The molecule has 21 heavy (non-hydrogen) atoms. The van der Waals surface area contributed by atoms with Gasteiger partial charge in [0.05, 0.1) is 7.11 Å². The van der Waals surface area contributed by atoms with E-state index in [2.05, 4.69) is 30.1 Å². The second-order valence-electron chi connectivity index (χ2n) is 5.68. The average Bonchev–Trinajstić information content (AvgIpc) is 2.52. The fourth-order valence-corrected chi connectivity index (χ4v) is 4.32. The average molecular weight is 328 g/mol. The number of halogens is 1. The highest BCUT2D eigenvalue weighted by atomic mass is 35.5. The van der Waals surface area contributed by atoms with Gasteiger partial charge in [0.2, 0.25) is 0 Å². The third-order valence-electron chi connectivity index (χ3n) is 4.12. The third-order valence-corrected chi connectivity index (χ3v) is 5.40. The molecule has 2 nitrogen and oxygen atoms in total. The van der Waals surface area contributed by atoms with Gasteiger partial charge in [0.25, 0.3) is 0 Å². The molecule has 0 bridgehead atoms. The molecule has 0 radical (unpaired) electrons. The van der Waals surface area contributed by atoms with Crippen LogP contribution in [0.2, 0.25) is 5.02 Å². The van der Waals surface area contributed by atoms with E-state index in [4.69, 9.17) is 16.3 Å². The molecule has 1 aromatic carbocycles. The summed E-state index contributed by atoms with van der Waals surface area (Å²) in [7, 11) is 1.74. The minimum atomic E-state index is 0.340. The summed E-state index contributed by atoms with van der Waals surface area (Å²) in [5.74, 6) is 4.36. The first-order valence-electron chi connectivity index (χ1n) is 7.89. The van der Waals surface area contributed by atoms with Crippen molar-refractivity contribution in [3.8, 4) is 5.75 Å². The molecule has 1 saturated heterocycles. The lowest BCUT2D eigenvalue weighted by molar-refractivity contribution is 0.352. The minimum absolute atomic E-state index is 0.340. The van der Waals surface area contributed by atoms with E-state index in [1.807, 2.05) is 12.1 Å². The number of thioether (sulfide) groups is 1. The monoisotopic (exact) mass is 327 g/mol. The van der Waals surface area contributed by atoms with Crippen LogP contribution in [0.5, 0.6) is 5.75 Å². The SMILES string of the molecule is CCCNC(CC1CCSCC1)c1cc(Cl)ccc1OC. The van der Waals surface area contributed by atoms with Crippen molar-refractivity contribution in [3.63, 3.8) is 0 Å². The van der Waals surface area contributed by atoms with E-state index in [0.29, 0.717) is 6.04 Å². The molecule has 1 aliphatic heterocycles. The normalized spacial score (nSPS) is 17.7. The summed E-state index contributed by atoms with van der Waals surface area (Å²) in [4.78, 5) is 0. The van der Waals surface area contributed by atoms with Crippen molar-refractivity contribution in [2.45, 2.75) is 38.6 Å². The van der Waals surface area contributed by atoms with Gasteiger partial charge in [-0.3, -0.25) is 0 Å². The molecule has 1 atom stereocenters. The van der Waals surface area contributed by atoms with Crippen LogP contribution in [-0.4, -0.2) is 25.2 Å². The Hall–Kier alpha value is -0.380. The fourth-order valence-electron chi connectivity index (χ4n) is 2.93. The summed E-state index contributed by atoms with van der Waals surface area (Å²) in [5, 5.41) is 4.47. The highest BCUT2D eigenvalue weighted by Crippen LogP contribution is 2.35. The van der Waals surface area contributed by atoms with Crippen molar-refractivity contribution in [2.75, 3.05) is 25.2 Å². The van der Waals surface area contributed by atoms with Crippen LogP contribution in [0.3, 0.4) is 0 Å². The van der Waals surface area contributed by atoms with Crippen LogP contribution in [-0.2, 0) is 0 Å². The summed E-state index contributed by atoms with van der Waals surface area (Å²) in [6.45, 7) is 3.23. The third kappa shape index (κ3) is 5.08. The molecule has 1 N–H and O–H groups in total. The summed E-state index contributed by atoms with van der Waals surface area (Å²) in [6.07, 6.45) is 4.98. The van der Waals surface area contributed by atoms with Crippen LogP contribution in [0.4, 0.5) is 0 Å². The summed E-state index contributed by atoms with van der Waals surface area (Å²) in [6, 6.07) is 6.28. The Balaban J connectivity index is 2.15. The predicted octanol–water partition coefficient (Wildman–Crippen LogP) is 4.92. The van der Waals surface area contributed by atoms with Crippen LogP contribution in [0, 0.1) is 5.92 Å². The van der Waals surface area contributed by atoms with Gasteiger partial charge in [-0.15, -0.1) is 0 Å². The molecule has 0 amide bonds. The lowest BCUT2D eigenvalue weighted by Gasteiger charge is -2.28. The zero-order valence-corrected chi connectivity index (χ0v) is 14.6. The van der Waals surface area contributed by atoms with Crippen molar-refractivity contribution in [1.29, 1.82) is 0 Å². The number of rotatable bonds is 7. The summed E-state index contributed by atoms with van der Waals surface area (Å²) in [5.41, 5.74) is 1.21. The smallest absolute Gasteiger partial charge is 0.123 e. The van der Waals surface area contributed by atoms with Gasteiger partial charge >= 0.3 is 0 Å². The van der Waals surface area contributed by atoms with E-state index >= 15 is 0 Å². The number of methoxy groups -OCH3 is 1. The fraction of sp³-hybridized carbons (Fsp3) is 0.647. The van der Waals surface area contributed by atoms with E-state index in [9.17, 15) is 0 Å². The van der Waals surface area contributed by atoms with Crippen molar-refractivity contribution in [3.05, 3.63) is 28.8 Å². The molecule has 0 aliphatic carbocycles. The van der Waals surface area contributed by atoms with Crippen molar-refractivity contribution in [2.24, 2.45) is 5.92 Å². The van der Waals surface area contributed by atoms with Crippen LogP contribution in [0.1, 0.15) is 44.2 Å². The molecule has 1 aromatic rings. The first-order valence-corrected chi connectivity index (χ1v) is 9.42. The number of hydrogen-bond acceptors (Lipinski definition) is 3. The van der Waals surface area contributed by atoms with Crippen LogP contribution in [0.15, 0.2) is 18.2 Å². The predicted molar refractivity (Wildman–Crippen MR) is 93.7 cm³/mol. The first kappa shape index (κ1) is 17.0. The molecule has 2 rings (SSSR count). The largest absolute Gasteiger partial charge is 0.496 e. The summed E-state index contributed by atoms with van der Waals surface area (Å²) >= 11 is 8.29. The first-order chi connectivity index (χ1) is 10.2. The van der Waals surface area contributed by atoms with Crippen LogP contribution in [0.25, 0.3) is 0 Å². The van der Waals surface area contributed by atoms with Gasteiger partial charge in [0.1, 0.15) is 5.75 Å². The van der Waals surface area contributed by atoms with E-state index in [-0.39, 0.29) is 0 Å². The van der Waals surface area contributed by atoms with Gasteiger partial charge in [0, 0.05) is 16.6 Å². The Morgan fingerprint density at radius 2 is 2.14 bits per heavy atom. The number of ether oxygens (including phenoxy) is 1. The van der Waals surface area contributed by atoms with Crippen LogP contribution >= 0.6 is 23.4 Å². The molecule has 1 unspecified atom stereocenters. The molecule has 1 fully saturated rings. The maximum absolute atomic E-state index is 6.21. The molecular formula is C17H26ClNOS. The lowest BCUT2D eigenvalue weighted by Crippen LogP contribution is -2.26. The van der Waals surface area contributed by atoms with E-state index in [1.54, 1.807) is 7.11 Å². The van der Waals surface area contributed by atoms with Crippen LogP contribution < -0.4 is 10.1 Å². The zero-order valence-electron chi connectivity index (χ0n) is 13.0. The van der Waals surface area contributed by atoms with Gasteiger partial charge in [-0.25, -0.2) is 0 Å². The standard InChI is InChI=1S/C17H26ClNOS/c1-3-8-19-16(11-13-6-9-21-10-7-13)15-12-14(18)4-5-17(15)20-2/h4-5,12-13,16,19H,3,6-11H2,1-2H3. The second-order valence-corrected chi connectivity index (χ2v) is 7.35. The molecule has 0 spiro atoms. The summed E-state index contributed by atoms with van der Waals surface area (Å²) < 4.78 is 5.55. The highest BCUT2D eigenvalue weighted by Gasteiger charge is 2.22. The maximum Gasteiger partial charge on any atom is 0.123 e. The van der Waals surface area contributed by atoms with Crippen molar-refractivity contribution in [1.82, 2.24) is 5.32 Å². The maximum atomic E-state index is 6.21. The van der Waals surface area contributed by atoms with E-state index in [1.165, 1.54) is 36.3 Å². The second kappa shape index (κ2) is 8.92. The number of nitrogens with one attached hydrogen (secondary N) is 1. The number of hydrogen-bond donors (Lipinski definition) is 1. The van der Waals surface area contributed by atoms with Crippen molar-refractivity contribution < 1.29 is 4.74 Å². The lowest BCUT2D eigenvalue weighted by atomic mass is 9.90. The highest BCUT2D eigenvalue weighted by molar-refractivity contribution is 7.99. The van der Waals surface area contributed by atoms with Gasteiger partial charge in [-0.2, -0.15) is 11.8 Å². The Bertz CT molecular complexity index is 435. The molecule has 1 aliphatic rings. The zero-order chi connectivity index (χ0) is 15.1. The Kier molecular flexibility index (Phi) is 7.21. The van der Waals surface area contributed by atoms with Crippen molar-refractivity contribution >= 4 is 23.4 Å². The molecule has 0 saturated carbocycles. The quantitative estimate of drug-likeness (QED) is 0.767. The molecule has 1 heterocycles. The molecular weight excluding hydrogens is 302 g/mol. The molecule has 0 aromatic heterocycles. The van der Waals surface area contributed by atoms with E-state index in [0.717, 1.165) is 29.7 Å². The minimum Gasteiger partial charge on any atom is -0.496 e. The number of benzene rings is 1. The Labute approximate surface area is 138 Å². The molecule has 4 heteroatoms. The van der Waals surface area contributed by atoms with Gasteiger partial charge < -0.3 is 10.1 Å².